The molecule has 2 rings (SSSR count). The number of aryl methyl sites for hydroxylation is 1. The average molecular weight is 475 g/mol. The molecule has 0 unspecified atom stereocenters. The van der Waals surface area contributed by atoms with Gasteiger partial charge >= 0.3 is 6.09 Å². The molecule has 1 aromatic rings. The first-order chi connectivity index (χ1) is 16.2. The van der Waals surface area contributed by atoms with Crippen LogP contribution >= 0.6 is 0 Å². The number of benzene rings is 1. The van der Waals surface area contributed by atoms with Gasteiger partial charge in [0.15, 0.2) is 0 Å². The number of ether oxygens (including phenoxy) is 1. The number of Topliss-reactive ketones (excluding diaryl/α,β-unsaturated/α-hetero) is 1. The molecule has 0 saturated carbocycles. The van der Waals surface area contributed by atoms with E-state index < -0.39 is 41.7 Å². The number of primary amides is 1. The summed E-state index contributed by atoms with van der Waals surface area (Å²) in [5.74, 6) is -3.55. The zero-order valence-electron chi connectivity index (χ0n) is 19.7. The second-order valence-electron chi connectivity index (χ2n) is 8.85. The molecule has 186 valence electrons. The van der Waals surface area contributed by atoms with E-state index in [9.17, 15) is 24.0 Å². The molecule has 10 nitrogen and oxygen atoms in total. The summed E-state index contributed by atoms with van der Waals surface area (Å²) in [4.78, 5) is 60.9. The Bertz CT molecular complexity index is 873. The van der Waals surface area contributed by atoms with Crippen LogP contribution in [0.5, 0.6) is 0 Å². The first-order valence-electron chi connectivity index (χ1n) is 11.6. The monoisotopic (exact) mass is 474 g/mol. The first-order valence-corrected chi connectivity index (χ1v) is 11.6. The van der Waals surface area contributed by atoms with Crippen LogP contribution in [-0.4, -0.2) is 54.8 Å². The summed E-state index contributed by atoms with van der Waals surface area (Å²) in [6.07, 6.45) is 1.35. The number of hydrogen-bond donors (Lipinski definition) is 4. The highest BCUT2D eigenvalue weighted by Crippen LogP contribution is 2.17. The second-order valence-corrected chi connectivity index (χ2v) is 8.85. The van der Waals surface area contributed by atoms with Crippen molar-refractivity contribution in [3.63, 3.8) is 0 Å². The lowest BCUT2D eigenvalue weighted by Gasteiger charge is -2.24. The van der Waals surface area contributed by atoms with Gasteiger partial charge in [0.05, 0.1) is 12.6 Å². The summed E-state index contributed by atoms with van der Waals surface area (Å²) in [5, 5.41) is 7.70. The molecule has 1 aliphatic heterocycles. The van der Waals surface area contributed by atoms with Crippen molar-refractivity contribution in [1.29, 1.82) is 0 Å². The molecule has 0 bridgehead atoms. The third-order valence-corrected chi connectivity index (χ3v) is 5.56. The number of hydrogen-bond acceptors (Lipinski definition) is 6. The van der Waals surface area contributed by atoms with Crippen LogP contribution in [0.25, 0.3) is 0 Å². The van der Waals surface area contributed by atoms with Gasteiger partial charge in [-0.1, -0.05) is 44.2 Å². The van der Waals surface area contributed by atoms with E-state index in [1.807, 2.05) is 44.2 Å². The van der Waals surface area contributed by atoms with Crippen molar-refractivity contribution < 1.29 is 28.7 Å². The molecule has 34 heavy (non-hydrogen) atoms. The lowest BCUT2D eigenvalue weighted by molar-refractivity contribution is -0.139. The van der Waals surface area contributed by atoms with Crippen LogP contribution in [0.4, 0.5) is 4.79 Å². The first kappa shape index (κ1) is 26.8. The fourth-order valence-electron chi connectivity index (χ4n) is 3.80. The molecule has 0 radical (unpaired) electrons. The van der Waals surface area contributed by atoms with E-state index in [2.05, 4.69) is 16.0 Å². The van der Waals surface area contributed by atoms with Gasteiger partial charge in [-0.3, -0.25) is 19.2 Å². The van der Waals surface area contributed by atoms with E-state index in [1.54, 1.807) is 0 Å². The van der Waals surface area contributed by atoms with E-state index in [-0.39, 0.29) is 31.3 Å². The molecular weight excluding hydrogens is 440 g/mol. The Labute approximate surface area is 199 Å². The van der Waals surface area contributed by atoms with Gasteiger partial charge in [0.1, 0.15) is 6.04 Å². The van der Waals surface area contributed by atoms with Crippen LogP contribution in [0.3, 0.4) is 0 Å². The van der Waals surface area contributed by atoms with Gasteiger partial charge in [-0.2, -0.15) is 0 Å². The van der Waals surface area contributed by atoms with E-state index in [0.29, 0.717) is 19.4 Å². The summed E-state index contributed by atoms with van der Waals surface area (Å²) < 4.78 is 5.21. The Morgan fingerprint density at radius 2 is 1.82 bits per heavy atom. The Balaban J connectivity index is 1.94. The quantitative estimate of drug-likeness (QED) is 0.245. The molecule has 10 heteroatoms. The predicted octanol–water partition coefficient (Wildman–Crippen LogP) is 0.826. The van der Waals surface area contributed by atoms with Gasteiger partial charge < -0.3 is 26.4 Å². The molecule has 1 fully saturated rings. The zero-order chi connectivity index (χ0) is 25.1. The predicted molar refractivity (Wildman–Crippen MR) is 124 cm³/mol. The zero-order valence-corrected chi connectivity index (χ0v) is 19.7. The van der Waals surface area contributed by atoms with Crippen molar-refractivity contribution >= 4 is 29.6 Å². The minimum absolute atomic E-state index is 0.0417. The molecule has 1 aliphatic rings. The van der Waals surface area contributed by atoms with E-state index in [4.69, 9.17) is 10.5 Å². The molecule has 1 heterocycles. The van der Waals surface area contributed by atoms with E-state index in [1.165, 1.54) is 0 Å². The Hall–Kier alpha value is -3.43. The fourth-order valence-corrected chi connectivity index (χ4v) is 3.80. The smallest absolute Gasteiger partial charge is 0.407 e. The second kappa shape index (κ2) is 13.3. The molecular formula is C24H34N4O6. The maximum atomic E-state index is 12.9. The maximum Gasteiger partial charge on any atom is 0.407 e. The maximum absolute atomic E-state index is 12.9. The van der Waals surface area contributed by atoms with Crippen molar-refractivity contribution in [3.05, 3.63) is 35.9 Å². The molecule has 0 aliphatic carbocycles. The molecule has 5 N–H and O–H groups in total. The number of nitrogens with one attached hydrogen (secondary N) is 3. The molecule has 3 atom stereocenters. The lowest BCUT2D eigenvalue weighted by Crippen LogP contribution is -2.54. The molecule has 0 aromatic heterocycles. The number of alkyl carbamates (subject to hydrolysis) is 1. The summed E-state index contributed by atoms with van der Waals surface area (Å²) in [6, 6.07) is 7.54. The average Bonchev–Trinajstić information content (AvgIpc) is 3.19. The summed E-state index contributed by atoms with van der Waals surface area (Å²) in [7, 11) is 0. The van der Waals surface area contributed by atoms with Gasteiger partial charge in [0, 0.05) is 12.5 Å². The number of amides is 4. The highest BCUT2D eigenvalue weighted by molar-refractivity contribution is 6.37. The van der Waals surface area contributed by atoms with Crippen LogP contribution in [0.1, 0.15) is 45.1 Å². The largest absolute Gasteiger partial charge is 0.450 e. The Morgan fingerprint density at radius 1 is 1.12 bits per heavy atom. The third kappa shape index (κ3) is 8.84. The van der Waals surface area contributed by atoms with Crippen LogP contribution in [-0.2, 0) is 30.3 Å². The van der Waals surface area contributed by atoms with Gasteiger partial charge in [0.2, 0.25) is 17.6 Å². The number of nitrogens with two attached hydrogens (primary N) is 1. The number of carbonyl (C=O) groups excluding carboxylic acids is 5. The van der Waals surface area contributed by atoms with Crippen molar-refractivity contribution in [3.8, 4) is 0 Å². The molecule has 0 spiro atoms. The molecule has 1 saturated heterocycles. The summed E-state index contributed by atoms with van der Waals surface area (Å²) in [6.45, 7) is 4.39. The van der Waals surface area contributed by atoms with Crippen LogP contribution < -0.4 is 21.7 Å². The highest BCUT2D eigenvalue weighted by Gasteiger charge is 2.35. The van der Waals surface area contributed by atoms with Crippen molar-refractivity contribution in [2.45, 2.75) is 58.0 Å². The van der Waals surface area contributed by atoms with E-state index >= 15 is 0 Å². The Morgan fingerprint density at radius 3 is 2.41 bits per heavy atom. The molecule has 1 aromatic carbocycles. The van der Waals surface area contributed by atoms with E-state index in [0.717, 1.165) is 12.0 Å². The van der Waals surface area contributed by atoms with Crippen molar-refractivity contribution in [2.75, 3.05) is 13.2 Å². The van der Waals surface area contributed by atoms with Gasteiger partial charge in [-0.15, -0.1) is 0 Å². The lowest BCUT2D eigenvalue weighted by atomic mass is 9.94. The summed E-state index contributed by atoms with van der Waals surface area (Å²) in [5.41, 5.74) is 6.27. The van der Waals surface area contributed by atoms with Crippen LogP contribution in [0, 0.1) is 11.8 Å². The minimum Gasteiger partial charge on any atom is -0.450 e. The third-order valence-electron chi connectivity index (χ3n) is 5.56. The normalized spacial score (nSPS) is 16.9. The van der Waals surface area contributed by atoms with Crippen LogP contribution in [0.2, 0.25) is 0 Å². The highest BCUT2D eigenvalue weighted by atomic mass is 16.5. The number of rotatable bonds is 13. The standard InChI is InChI=1S/C24H34N4O6/c1-15(2)13-19(28-24(33)34-12-6-9-16-7-4-3-5-8-16)23(32)27-18(20(29)21(25)30)14-17-10-11-26-22(17)31/h3-5,7-8,15,17-19H,6,9-14H2,1-2H3,(H2,25,30)(H,26,31)(H,27,32)(H,28,33)/t17-,18-,19-/m0/s1. The molecule has 4 amide bonds. The topological polar surface area (TPSA) is 157 Å². The SMILES string of the molecule is CC(C)C[C@H](NC(=O)OCCCc1ccccc1)C(=O)N[C@@H](C[C@@H]1CCNC1=O)C(=O)C(N)=O. The Kier molecular flexibility index (Phi) is 10.5. The van der Waals surface area contributed by atoms with Crippen LogP contribution in [0.15, 0.2) is 30.3 Å². The summed E-state index contributed by atoms with van der Waals surface area (Å²) >= 11 is 0. The van der Waals surface area contributed by atoms with Gasteiger partial charge in [-0.05, 0) is 43.6 Å². The number of ketones is 1. The fraction of sp³-hybridized carbons (Fsp3) is 0.542. The van der Waals surface area contributed by atoms with Gasteiger partial charge in [0.25, 0.3) is 5.91 Å². The van der Waals surface area contributed by atoms with Gasteiger partial charge in [-0.25, -0.2) is 4.79 Å². The minimum atomic E-state index is -1.25. The number of carbonyl (C=O) groups is 5. The van der Waals surface area contributed by atoms with Crippen molar-refractivity contribution in [2.24, 2.45) is 17.6 Å². The van der Waals surface area contributed by atoms with Crippen molar-refractivity contribution in [1.82, 2.24) is 16.0 Å².